The molecule has 7 nitrogen and oxygen atoms in total. The first-order valence-corrected chi connectivity index (χ1v) is 10.5. The molecule has 2 heterocycles. The zero-order chi connectivity index (χ0) is 21.8. The number of aryl methyl sites for hydroxylation is 1. The van der Waals surface area contributed by atoms with Crippen LogP contribution in [0.15, 0.2) is 42.5 Å². The fraction of sp³-hybridized carbons (Fsp3) is 0.375. The van der Waals surface area contributed by atoms with Crippen LogP contribution in [-0.4, -0.2) is 36.2 Å². The summed E-state index contributed by atoms with van der Waals surface area (Å²) < 4.78 is 16.7. The Balaban J connectivity index is 1.46. The number of fused-ring (bicyclic) bond motifs is 2. The van der Waals surface area contributed by atoms with E-state index >= 15 is 0 Å². The number of carbonyl (C=O) groups excluding carboxylic acids is 1. The molecule has 0 saturated carbocycles. The van der Waals surface area contributed by atoms with E-state index in [2.05, 4.69) is 29.1 Å². The second-order valence-corrected chi connectivity index (χ2v) is 7.86. The molecule has 0 unspecified atom stereocenters. The molecular formula is C24H27N3O4. The standard InChI is InChI=1S/C24H27N3O4/c1-15(2)23(16-8-10-20-21(14-16)31-13-12-30-20)27-22(28)11-9-19-24(29-3)26-18-7-5-4-6-17(18)25-19/h4-8,10,14-15,23H,9,11-13H2,1-3H3,(H,27,28)/t23-/m0/s1. The van der Waals surface area contributed by atoms with Crippen LogP contribution in [0.3, 0.4) is 0 Å². The maximum Gasteiger partial charge on any atom is 0.235 e. The summed E-state index contributed by atoms with van der Waals surface area (Å²) in [6.45, 7) is 5.25. The monoisotopic (exact) mass is 421 g/mol. The van der Waals surface area contributed by atoms with Gasteiger partial charge >= 0.3 is 0 Å². The number of ether oxygens (including phenoxy) is 3. The summed E-state index contributed by atoms with van der Waals surface area (Å²) in [6.07, 6.45) is 0.732. The quantitative estimate of drug-likeness (QED) is 0.624. The van der Waals surface area contributed by atoms with Crippen molar-refractivity contribution in [3.63, 3.8) is 0 Å². The van der Waals surface area contributed by atoms with Crippen molar-refractivity contribution in [2.75, 3.05) is 20.3 Å². The molecule has 7 heteroatoms. The minimum absolute atomic E-state index is 0.0504. The Kier molecular flexibility index (Phi) is 6.21. The Labute approximate surface area is 181 Å². The molecule has 31 heavy (non-hydrogen) atoms. The highest BCUT2D eigenvalue weighted by Crippen LogP contribution is 2.34. The Morgan fingerprint density at radius 2 is 1.77 bits per heavy atom. The number of benzene rings is 2. The molecule has 1 atom stereocenters. The number of hydrogen-bond donors (Lipinski definition) is 1. The van der Waals surface area contributed by atoms with E-state index in [1.165, 1.54) is 0 Å². The number of nitrogens with one attached hydrogen (secondary N) is 1. The number of hydrogen-bond acceptors (Lipinski definition) is 6. The SMILES string of the molecule is COc1nc2ccccc2nc1CCC(=O)N[C@H](c1ccc2c(c1)OCCO2)C(C)C. The van der Waals surface area contributed by atoms with E-state index in [0.717, 1.165) is 28.1 Å². The van der Waals surface area contributed by atoms with E-state index in [9.17, 15) is 4.79 Å². The highest BCUT2D eigenvalue weighted by atomic mass is 16.6. The lowest BCUT2D eigenvalue weighted by molar-refractivity contribution is -0.122. The normalized spacial score (nSPS) is 13.8. The lowest BCUT2D eigenvalue weighted by Gasteiger charge is -2.25. The van der Waals surface area contributed by atoms with E-state index in [-0.39, 0.29) is 24.3 Å². The first-order chi connectivity index (χ1) is 15.0. The topological polar surface area (TPSA) is 82.6 Å². The molecule has 0 spiro atoms. The van der Waals surface area contributed by atoms with Gasteiger partial charge in [0.2, 0.25) is 11.8 Å². The van der Waals surface area contributed by atoms with Gasteiger partial charge in [0.05, 0.1) is 24.2 Å². The summed E-state index contributed by atoms with van der Waals surface area (Å²) in [7, 11) is 1.57. The highest BCUT2D eigenvalue weighted by molar-refractivity contribution is 5.77. The van der Waals surface area contributed by atoms with E-state index in [0.29, 0.717) is 31.2 Å². The van der Waals surface area contributed by atoms with Crippen molar-refractivity contribution in [3.8, 4) is 17.4 Å². The van der Waals surface area contributed by atoms with E-state index < -0.39 is 0 Å². The largest absolute Gasteiger partial charge is 0.486 e. The van der Waals surface area contributed by atoms with Crippen molar-refractivity contribution >= 4 is 16.9 Å². The van der Waals surface area contributed by atoms with Crippen LogP contribution in [0.1, 0.15) is 37.6 Å². The summed E-state index contributed by atoms with van der Waals surface area (Å²) >= 11 is 0. The average Bonchev–Trinajstić information content (AvgIpc) is 2.80. The minimum atomic E-state index is -0.132. The molecule has 1 aliphatic heterocycles. The van der Waals surface area contributed by atoms with Gasteiger partial charge in [-0.25, -0.2) is 9.97 Å². The van der Waals surface area contributed by atoms with Crippen molar-refractivity contribution in [1.29, 1.82) is 0 Å². The lowest BCUT2D eigenvalue weighted by Crippen LogP contribution is -2.32. The second-order valence-electron chi connectivity index (χ2n) is 7.86. The van der Waals surface area contributed by atoms with Crippen LogP contribution in [0.4, 0.5) is 0 Å². The number of aromatic nitrogens is 2. The number of methoxy groups -OCH3 is 1. The third-order valence-corrected chi connectivity index (χ3v) is 5.30. The zero-order valence-electron chi connectivity index (χ0n) is 18.1. The van der Waals surface area contributed by atoms with Crippen LogP contribution in [0.5, 0.6) is 17.4 Å². The lowest BCUT2D eigenvalue weighted by atomic mass is 9.95. The van der Waals surface area contributed by atoms with Gasteiger partial charge in [0.15, 0.2) is 11.5 Å². The molecular weight excluding hydrogens is 394 g/mol. The van der Waals surface area contributed by atoms with E-state index in [4.69, 9.17) is 14.2 Å². The van der Waals surface area contributed by atoms with Crippen LogP contribution in [0.25, 0.3) is 11.0 Å². The number of rotatable bonds is 7. The maximum absolute atomic E-state index is 12.8. The first-order valence-electron chi connectivity index (χ1n) is 10.5. The number of para-hydroxylation sites is 2. The third-order valence-electron chi connectivity index (χ3n) is 5.30. The van der Waals surface area contributed by atoms with Gasteiger partial charge in [-0.2, -0.15) is 0 Å². The smallest absolute Gasteiger partial charge is 0.235 e. The number of amides is 1. The van der Waals surface area contributed by atoms with Crippen molar-refractivity contribution in [1.82, 2.24) is 15.3 Å². The van der Waals surface area contributed by atoms with Gasteiger partial charge in [-0.3, -0.25) is 4.79 Å². The molecule has 162 valence electrons. The molecule has 0 bridgehead atoms. The van der Waals surface area contributed by atoms with Crippen LogP contribution >= 0.6 is 0 Å². The molecule has 4 rings (SSSR count). The molecule has 0 aliphatic carbocycles. The van der Waals surface area contributed by atoms with E-state index in [1.807, 2.05) is 42.5 Å². The Morgan fingerprint density at radius 3 is 2.48 bits per heavy atom. The molecule has 0 radical (unpaired) electrons. The van der Waals surface area contributed by atoms with Gasteiger partial charge in [-0.05, 0) is 35.7 Å². The fourth-order valence-corrected chi connectivity index (χ4v) is 3.71. The molecule has 1 aliphatic rings. The summed E-state index contributed by atoms with van der Waals surface area (Å²) in [4.78, 5) is 21.9. The predicted molar refractivity (Wildman–Crippen MR) is 118 cm³/mol. The minimum Gasteiger partial charge on any atom is -0.486 e. The van der Waals surface area contributed by atoms with Crippen LogP contribution in [0, 0.1) is 5.92 Å². The maximum atomic E-state index is 12.8. The molecule has 2 aromatic carbocycles. The zero-order valence-corrected chi connectivity index (χ0v) is 18.1. The Bertz CT molecular complexity index is 1080. The van der Waals surface area contributed by atoms with Gasteiger partial charge in [-0.15, -0.1) is 0 Å². The molecule has 3 aromatic rings. The van der Waals surface area contributed by atoms with Gasteiger partial charge in [0, 0.05) is 12.8 Å². The summed E-state index contributed by atoms with van der Waals surface area (Å²) in [5.41, 5.74) is 3.23. The van der Waals surface area contributed by atoms with Gasteiger partial charge in [-0.1, -0.05) is 32.0 Å². The van der Waals surface area contributed by atoms with Gasteiger partial charge < -0.3 is 19.5 Å². The second kappa shape index (κ2) is 9.20. The molecule has 1 N–H and O–H groups in total. The van der Waals surface area contributed by atoms with Gasteiger partial charge in [0.1, 0.15) is 18.9 Å². The first kappa shape index (κ1) is 20.9. The van der Waals surface area contributed by atoms with Crippen molar-refractivity contribution in [2.24, 2.45) is 5.92 Å². The molecule has 1 aromatic heterocycles. The van der Waals surface area contributed by atoms with Crippen LogP contribution in [0.2, 0.25) is 0 Å². The van der Waals surface area contributed by atoms with Crippen LogP contribution < -0.4 is 19.5 Å². The van der Waals surface area contributed by atoms with Crippen molar-refractivity contribution in [2.45, 2.75) is 32.7 Å². The fourth-order valence-electron chi connectivity index (χ4n) is 3.71. The number of carbonyl (C=O) groups is 1. The summed E-state index contributed by atoms with van der Waals surface area (Å²) in [5.74, 6) is 2.08. The average molecular weight is 421 g/mol. The highest BCUT2D eigenvalue weighted by Gasteiger charge is 2.22. The summed E-state index contributed by atoms with van der Waals surface area (Å²) in [5, 5.41) is 3.16. The van der Waals surface area contributed by atoms with E-state index in [1.54, 1.807) is 7.11 Å². The Hall–Kier alpha value is -3.35. The molecule has 1 amide bonds. The van der Waals surface area contributed by atoms with Crippen molar-refractivity contribution in [3.05, 3.63) is 53.7 Å². The molecule has 0 fully saturated rings. The molecule has 0 saturated heterocycles. The number of nitrogens with zero attached hydrogens (tertiary/aromatic N) is 2. The van der Waals surface area contributed by atoms with Crippen molar-refractivity contribution < 1.29 is 19.0 Å². The summed E-state index contributed by atoms with van der Waals surface area (Å²) in [6, 6.07) is 13.3. The predicted octanol–water partition coefficient (Wildman–Crippen LogP) is 3.86. The van der Waals surface area contributed by atoms with Gasteiger partial charge in [0.25, 0.3) is 0 Å². The Morgan fingerprint density at radius 1 is 1.06 bits per heavy atom. The third kappa shape index (κ3) is 4.71. The van der Waals surface area contributed by atoms with Crippen LogP contribution in [-0.2, 0) is 11.2 Å².